The Kier molecular flexibility index (Phi) is 4.33. The molecule has 0 bridgehead atoms. The van der Waals surface area contributed by atoms with Crippen molar-refractivity contribution in [1.82, 2.24) is 4.98 Å². The molecule has 0 amide bonds. The summed E-state index contributed by atoms with van der Waals surface area (Å²) in [4.78, 5) is 14.2. The van der Waals surface area contributed by atoms with Crippen LogP contribution in [0, 0.1) is 5.82 Å². The van der Waals surface area contributed by atoms with Crippen LogP contribution in [0.3, 0.4) is 0 Å². The Morgan fingerprint density at radius 1 is 1.50 bits per heavy atom. The standard InChI is InChI=1S/C9H6ClF4NO3/c1-17-8(16)5-2-4(3-10)6(11)7(15-5)18-9(12,13)14/h2H,3H2,1H3. The molecule has 0 aliphatic rings. The molecule has 1 rings (SSSR count). The van der Waals surface area contributed by atoms with Crippen LogP contribution in [-0.4, -0.2) is 24.4 Å². The van der Waals surface area contributed by atoms with Gasteiger partial charge >= 0.3 is 12.3 Å². The van der Waals surface area contributed by atoms with Crippen molar-refractivity contribution < 1.29 is 31.8 Å². The first kappa shape index (κ1) is 14.5. The molecule has 0 spiro atoms. The lowest BCUT2D eigenvalue weighted by Gasteiger charge is -2.11. The van der Waals surface area contributed by atoms with Gasteiger partial charge < -0.3 is 9.47 Å². The number of esters is 1. The van der Waals surface area contributed by atoms with E-state index < -0.39 is 35.6 Å². The summed E-state index contributed by atoms with van der Waals surface area (Å²) in [5, 5.41) is 0. The molecule has 0 radical (unpaired) electrons. The van der Waals surface area contributed by atoms with Crippen LogP contribution in [0.4, 0.5) is 17.6 Å². The van der Waals surface area contributed by atoms with Crippen molar-refractivity contribution in [2.24, 2.45) is 0 Å². The van der Waals surface area contributed by atoms with Crippen molar-refractivity contribution in [2.75, 3.05) is 7.11 Å². The molecule has 0 N–H and O–H groups in total. The Balaban J connectivity index is 3.27. The quantitative estimate of drug-likeness (QED) is 0.487. The van der Waals surface area contributed by atoms with Crippen LogP contribution >= 0.6 is 11.6 Å². The number of pyridine rings is 1. The van der Waals surface area contributed by atoms with Crippen LogP contribution in [-0.2, 0) is 10.6 Å². The van der Waals surface area contributed by atoms with Crippen molar-refractivity contribution in [3.8, 4) is 5.88 Å². The van der Waals surface area contributed by atoms with E-state index in [-0.39, 0.29) is 5.56 Å². The maximum atomic E-state index is 13.4. The number of alkyl halides is 4. The number of nitrogens with zero attached hydrogens (tertiary/aromatic N) is 1. The number of carbonyl (C=O) groups is 1. The predicted octanol–water partition coefficient (Wildman–Crippen LogP) is 2.64. The molecule has 9 heteroatoms. The Labute approximate surface area is 103 Å². The van der Waals surface area contributed by atoms with Gasteiger partial charge in [0.2, 0.25) is 0 Å². The van der Waals surface area contributed by atoms with Crippen molar-refractivity contribution >= 4 is 17.6 Å². The summed E-state index contributed by atoms with van der Waals surface area (Å²) in [6, 6.07) is 0.886. The van der Waals surface area contributed by atoms with Crippen molar-refractivity contribution in [3.63, 3.8) is 0 Å². The molecule has 0 aliphatic carbocycles. The third-order valence-electron chi connectivity index (χ3n) is 1.75. The molecule has 18 heavy (non-hydrogen) atoms. The lowest BCUT2D eigenvalue weighted by Crippen LogP contribution is -2.20. The summed E-state index contributed by atoms with van der Waals surface area (Å²) in [5.74, 6) is -4.24. The van der Waals surface area contributed by atoms with Gasteiger partial charge in [0.1, 0.15) is 0 Å². The highest BCUT2D eigenvalue weighted by Crippen LogP contribution is 2.27. The van der Waals surface area contributed by atoms with Gasteiger partial charge in [-0.3, -0.25) is 0 Å². The largest absolute Gasteiger partial charge is 0.574 e. The van der Waals surface area contributed by atoms with E-state index in [9.17, 15) is 22.4 Å². The van der Waals surface area contributed by atoms with Crippen LogP contribution in [0.2, 0.25) is 0 Å². The molecule has 1 aromatic rings. The van der Waals surface area contributed by atoms with Crippen molar-refractivity contribution in [3.05, 3.63) is 23.1 Å². The second-order valence-corrected chi connectivity index (χ2v) is 3.23. The number of rotatable bonds is 3. The minimum absolute atomic E-state index is 0.355. The first-order valence-corrected chi connectivity index (χ1v) is 4.91. The van der Waals surface area contributed by atoms with E-state index >= 15 is 0 Å². The zero-order chi connectivity index (χ0) is 13.9. The van der Waals surface area contributed by atoms with Gasteiger partial charge in [0, 0.05) is 5.56 Å². The molecule has 0 atom stereocenters. The van der Waals surface area contributed by atoms with Crippen LogP contribution < -0.4 is 4.74 Å². The minimum Gasteiger partial charge on any atom is -0.464 e. The molecular weight excluding hydrogens is 282 g/mol. The van der Waals surface area contributed by atoms with Gasteiger partial charge in [0.15, 0.2) is 11.5 Å². The molecule has 1 heterocycles. The zero-order valence-corrected chi connectivity index (χ0v) is 9.60. The molecule has 0 aliphatic heterocycles. The fourth-order valence-corrected chi connectivity index (χ4v) is 1.23. The average Bonchev–Trinajstić information content (AvgIpc) is 2.29. The van der Waals surface area contributed by atoms with Crippen LogP contribution in [0.25, 0.3) is 0 Å². The smallest absolute Gasteiger partial charge is 0.464 e. The van der Waals surface area contributed by atoms with Crippen LogP contribution in [0.15, 0.2) is 6.07 Å². The number of halogens is 5. The summed E-state index contributed by atoms with van der Waals surface area (Å²) in [7, 11) is 0.998. The van der Waals surface area contributed by atoms with E-state index in [4.69, 9.17) is 11.6 Å². The van der Waals surface area contributed by atoms with Gasteiger partial charge in [-0.2, -0.15) is 0 Å². The van der Waals surface area contributed by atoms with Crippen molar-refractivity contribution in [1.29, 1.82) is 0 Å². The number of carbonyl (C=O) groups excluding carboxylic acids is 1. The number of hydrogen-bond acceptors (Lipinski definition) is 4. The van der Waals surface area contributed by atoms with E-state index in [0.29, 0.717) is 0 Å². The highest BCUT2D eigenvalue weighted by Gasteiger charge is 2.34. The summed E-state index contributed by atoms with van der Waals surface area (Å²) >= 11 is 5.34. The maximum absolute atomic E-state index is 13.4. The Hall–Kier alpha value is -1.57. The molecular formula is C9H6ClF4NO3. The van der Waals surface area contributed by atoms with E-state index in [1.165, 1.54) is 0 Å². The van der Waals surface area contributed by atoms with Gasteiger partial charge in [-0.05, 0) is 6.07 Å². The molecule has 0 saturated carbocycles. The Morgan fingerprint density at radius 2 is 2.11 bits per heavy atom. The topological polar surface area (TPSA) is 48.4 Å². The second kappa shape index (κ2) is 5.38. The molecule has 0 aromatic carbocycles. The second-order valence-electron chi connectivity index (χ2n) is 2.96. The molecule has 0 unspecified atom stereocenters. The van der Waals surface area contributed by atoms with E-state index in [1.54, 1.807) is 0 Å². The molecule has 0 saturated heterocycles. The van der Waals surface area contributed by atoms with Crippen LogP contribution in [0.1, 0.15) is 16.1 Å². The highest BCUT2D eigenvalue weighted by atomic mass is 35.5. The summed E-state index contributed by atoms with van der Waals surface area (Å²) in [6.45, 7) is 0. The Bertz CT molecular complexity index is 464. The zero-order valence-electron chi connectivity index (χ0n) is 8.85. The third kappa shape index (κ3) is 3.46. The first-order chi connectivity index (χ1) is 8.28. The van der Waals surface area contributed by atoms with E-state index in [2.05, 4.69) is 14.5 Å². The average molecular weight is 288 g/mol. The summed E-state index contributed by atoms with van der Waals surface area (Å²) < 4.78 is 57.0. The first-order valence-electron chi connectivity index (χ1n) is 4.38. The maximum Gasteiger partial charge on any atom is 0.574 e. The molecule has 4 nitrogen and oxygen atoms in total. The fraction of sp³-hybridized carbons (Fsp3) is 0.333. The summed E-state index contributed by atoms with van der Waals surface area (Å²) in [6.07, 6.45) is -5.13. The lowest BCUT2D eigenvalue weighted by atomic mass is 10.2. The molecule has 0 fully saturated rings. The van der Waals surface area contributed by atoms with Crippen LogP contribution in [0.5, 0.6) is 5.88 Å². The van der Waals surface area contributed by atoms with Gasteiger partial charge in [0.05, 0.1) is 13.0 Å². The highest BCUT2D eigenvalue weighted by molar-refractivity contribution is 6.17. The minimum atomic E-state index is -5.13. The SMILES string of the molecule is COC(=O)c1cc(CCl)c(F)c(OC(F)(F)F)n1. The molecule has 1 aromatic heterocycles. The Morgan fingerprint density at radius 3 is 2.56 bits per heavy atom. The lowest BCUT2D eigenvalue weighted by molar-refractivity contribution is -0.277. The van der Waals surface area contributed by atoms with Gasteiger partial charge in [0.25, 0.3) is 5.88 Å². The predicted molar refractivity (Wildman–Crippen MR) is 51.8 cm³/mol. The fourth-order valence-electron chi connectivity index (χ4n) is 1.04. The van der Waals surface area contributed by atoms with Gasteiger partial charge in [-0.25, -0.2) is 14.2 Å². The number of methoxy groups -OCH3 is 1. The number of ether oxygens (including phenoxy) is 2. The van der Waals surface area contributed by atoms with E-state index in [0.717, 1.165) is 13.2 Å². The third-order valence-corrected chi connectivity index (χ3v) is 2.04. The summed E-state index contributed by atoms with van der Waals surface area (Å²) in [5.41, 5.74) is -0.889. The van der Waals surface area contributed by atoms with Gasteiger partial charge in [-0.1, -0.05) is 0 Å². The van der Waals surface area contributed by atoms with Gasteiger partial charge in [-0.15, -0.1) is 24.8 Å². The van der Waals surface area contributed by atoms with Crippen molar-refractivity contribution in [2.45, 2.75) is 12.2 Å². The number of aromatic nitrogens is 1. The normalized spacial score (nSPS) is 11.2. The monoisotopic (exact) mass is 287 g/mol. The number of hydrogen-bond donors (Lipinski definition) is 0. The molecule has 100 valence electrons. The van der Waals surface area contributed by atoms with E-state index in [1.807, 2.05) is 0 Å².